The van der Waals surface area contributed by atoms with Gasteiger partial charge < -0.3 is 24.6 Å². The van der Waals surface area contributed by atoms with E-state index in [1.165, 1.54) is 0 Å². The maximum atomic E-state index is 12.4. The van der Waals surface area contributed by atoms with E-state index in [2.05, 4.69) is 15.3 Å². The fraction of sp³-hybridized carbons (Fsp3) is 0.762. The maximum absolute atomic E-state index is 12.4. The van der Waals surface area contributed by atoms with Crippen LogP contribution in [0.25, 0.3) is 0 Å². The maximum Gasteiger partial charge on any atom is 0.409 e. The Labute approximate surface area is 177 Å². The fourth-order valence-corrected chi connectivity index (χ4v) is 4.80. The third kappa shape index (κ3) is 4.78. The van der Waals surface area contributed by atoms with E-state index in [1.54, 1.807) is 6.20 Å². The first-order chi connectivity index (χ1) is 14.7. The number of ether oxygens (including phenoxy) is 2. The van der Waals surface area contributed by atoms with Crippen LogP contribution in [-0.2, 0) is 14.3 Å². The van der Waals surface area contributed by atoms with Crippen LogP contribution in [0.5, 0.6) is 0 Å². The van der Waals surface area contributed by atoms with Crippen LogP contribution in [-0.4, -0.2) is 83.6 Å². The lowest BCUT2D eigenvalue weighted by Gasteiger charge is -2.41. The summed E-state index contributed by atoms with van der Waals surface area (Å²) in [5.74, 6) is 0.754. The molecule has 0 bridgehead atoms. The average molecular weight is 420 g/mol. The summed E-state index contributed by atoms with van der Waals surface area (Å²) in [7, 11) is 0. The summed E-state index contributed by atoms with van der Waals surface area (Å²) in [4.78, 5) is 28.7. The predicted octanol–water partition coefficient (Wildman–Crippen LogP) is 2.12. The minimum absolute atomic E-state index is 0.0278. The van der Waals surface area contributed by atoms with Gasteiger partial charge in [-0.1, -0.05) is 0 Å². The molecule has 1 atom stereocenters. The van der Waals surface area contributed by atoms with E-state index < -0.39 is 0 Å². The molecule has 1 N–H and O–H groups in total. The molecule has 1 aromatic rings. The molecule has 0 aliphatic carbocycles. The molecular formula is C21H33N5O4. The zero-order valence-corrected chi connectivity index (χ0v) is 17.8. The van der Waals surface area contributed by atoms with Crippen LogP contribution >= 0.6 is 0 Å². The standard InChI is InChI=1S/C21H33N5O4/c1-2-30-21(28)25-12-4-17(5-13-25)24-10-6-18(7-11-24)26-19(3-9-22-26)23-20(27)16-8-14-29-15-16/h3,9,16-18H,2,4-8,10-15H2,1H3,(H,23,27)/t16-/m1/s1. The van der Waals surface area contributed by atoms with Crippen molar-refractivity contribution in [2.24, 2.45) is 5.92 Å². The van der Waals surface area contributed by atoms with Crippen LogP contribution in [0.15, 0.2) is 12.3 Å². The third-order valence-corrected chi connectivity index (χ3v) is 6.57. The summed E-state index contributed by atoms with van der Waals surface area (Å²) in [5, 5.41) is 7.55. The van der Waals surface area contributed by atoms with Crippen molar-refractivity contribution in [2.45, 2.75) is 51.1 Å². The number of likely N-dealkylation sites (tertiary alicyclic amines) is 2. The van der Waals surface area contributed by atoms with E-state index in [-0.39, 0.29) is 17.9 Å². The molecule has 0 unspecified atom stereocenters. The summed E-state index contributed by atoms with van der Waals surface area (Å²) in [6.45, 7) is 7.00. The lowest BCUT2D eigenvalue weighted by atomic mass is 9.98. The van der Waals surface area contributed by atoms with Gasteiger partial charge in [-0.25, -0.2) is 9.48 Å². The van der Waals surface area contributed by atoms with Crippen molar-refractivity contribution < 1.29 is 19.1 Å². The van der Waals surface area contributed by atoms with E-state index in [9.17, 15) is 9.59 Å². The van der Waals surface area contributed by atoms with Crippen molar-refractivity contribution in [3.63, 3.8) is 0 Å². The Balaban J connectivity index is 1.26. The fourth-order valence-electron chi connectivity index (χ4n) is 4.80. The number of rotatable bonds is 5. The SMILES string of the molecule is CCOC(=O)N1CCC(N2CCC(n3nccc3NC(=O)[C@@H]3CCOC3)CC2)CC1. The first kappa shape index (κ1) is 21.1. The first-order valence-corrected chi connectivity index (χ1v) is 11.2. The average Bonchev–Trinajstić information content (AvgIpc) is 3.47. The highest BCUT2D eigenvalue weighted by Crippen LogP contribution is 2.29. The highest BCUT2D eigenvalue weighted by Gasteiger charge is 2.31. The second-order valence-electron chi connectivity index (χ2n) is 8.40. The van der Waals surface area contributed by atoms with Gasteiger partial charge >= 0.3 is 6.09 Å². The van der Waals surface area contributed by atoms with Crippen LogP contribution in [0.4, 0.5) is 10.6 Å². The number of hydrogen-bond donors (Lipinski definition) is 1. The lowest BCUT2D eigenvalue weighted by molar-refractivity contribution is -0.119. The van der Waals surface area contributed by atoms with Gasteiger partial charge in [-0.3, -0.25) is 4.79 Å². The number of piperidine rings is 2. The molecule has 166 valence electrons. The number of aromatic nitrogens is 2. The molecule has 3 saturated heterocycles. The number of amides is 2. The number of anilines is 1. The molecule has 0 saturated carbocycles. The van der Waals surface area contributed by atoms with Gasteiger partial charge in [0.05, 0.1) is 31.4 Å². The van der Waals surface area contributed by atoms with Crippen LogP contribution in [0, 0.1) is 5.92 Å². The highest BCUT2D eigenvalue weighted by molar-refractivity contribution is 5.92. The highest BCUT2D eigenvalue weighted by atomic mass is 16.6. The Hall–Kier alpha value is -2.13. The van der Waals surface area contributed by atoms with Crippen LogP contribution in [0.2, 0.25) is 0 Å². The van der Waals surface area contributed by atoms with E-state index >= 15 is 0 Å². The molecule has 30 heavy (non-hydrogen) atoms. The molecular weight excluding hydrogens is 386 g/mol. The summed E-state index contributed by atoms with van der Waals surface area (Å²) in [6, 6.07) is 2.70. The number of nitrogens with zero attached hydrogens (tertiary/aromatic N) is 4. The Morgan fingerprint density at radius 3 is 2.53 bits per heavy atom. The van der Waals surface area contributed by atoms with E-state index in [0.29, 0.717) is 31.9 Å². The van der Waals surface area contributed by atoms with Crippen molar-refractivity contribution >= 4 is 17.8 Å². The molecule has 3 aliphatic rings. The second-order valence-corrected chi connectivity index (χ2v) is 8.40. The van der Waals surface area contributed by atoms with Gasteiger partial charge in [0.1, 0.15) is 5.82 Å². The predicted molar refractivity (Wildman–Crippen MR) is 111 cm³/mol. The smallest absolute Gasteiger partial charge is 0.409 e. The molecule has 0 radical (unpaired) electrons. The lowest BCUT2D eigenvalue weighted by Crippen LogP contribution is -2.49. The van der Waals surface area contributed by atoms with E-state index in [4.69, 9.17) is 9.47 Å². The molecule has 0 spiro atoms. The summed E-state index contributed by atoms with van der Waals surface area (Å²) >= 11 is 0. The first-order valence-electron chi connectivity index (χ1n) is 11.2. The number of carbonyl (C=O) groups excluding carboxylic acids is 2. The minimum Gasteiger partial charge on any atom is -0.450 e. The van der Waals surface area contributed by atoms with E-state index in [0.717, 1.165) is 64.1 Å². The summed E-state index contributed by atoms with van der Waals surface area (Å²) in [5.41, 5.74) is 0. The molecule has 9 nitrogen and oxygen atoms in total. The van der Waals surface area contributed by atoms with Crippen molar-refractivity contribution in [1.29, 1.82) is 0 Å². The number of carbonyl (C=O) groups is 2. The van der Waals surface area contributed by atoms with Crippen molar-refractivity contribution in [3.05, 3.63) is 12.3 Å². The van der Waals surface area contributed by atoms with Gasteiger partial charge in [0.25, 0.3) is 0 Å². The van der Waals surface area contributed by atoms with Crippen LogP contribution in [0.1, 0.15) is 45.1 Å². The van der Waals surface area contributed by atoms with Gasteiger partial charge in [0.15, 0.2) is 0 Å². The van der Waals surface area contributed by atoms with Crippen molar-refractivity contribution in [3.8, 4) is 0 Å². The molecule has 3 aliphatic heterocycles. The van der Waals surface area contributed by atoms with Gasteiger partial charge in [0.2, 0.25) is 5.91 Å². The Morgan fingerprint density at radius 2 is 1.87 bits per heavy atom. The molecule has 9 heteroatoms. The Kier molecular flexibility index (Phi) is 6.89. The third-order valence-electron chi connectivity index (χ3n) is 6.57. The summed E-state index contributed by atoms with van der Waals surface area (Å²) < 4.78 is 12.4. The zero-order valence-electron chi connectivity index (χ0n) is 17.8. The molecule has 4 heterocycles. The van der Waals surface area contributed by atoms with Crippen molar-refractivity contribution in [2.75, 3.05) is 51.3 Å². The number of hydrogen-bond acceptors (Lipinski definition) is 6. The minimum atomic E-state index is -0.188. The van der Waals surface area contributed by atoms with Crippen LogP contribution in [0.3, 0.4) is 0 Å². The normalized spacial score (nSPS) is 24.2. The van der Waals surface area contributed by atoms with Gasteiger partial charge in [-0.15, -0.1) is 0 Å². The Morgan fingerprint density at radius 1 is 1.13 bits per heavy atom. The number of nitrogens with one attached hydrogen (secondary N) is 1. The molecule has 2 amide bonds. The van der Waals surface area contributed by atoms with Gasteiger partial charge in [-0.2, -0.15) is 5.10 Å². The zero-order chi connectivity index (χ0) is 20.9. The summed E-state index contributed by atoms with van der Waals surface area (Å²) in [6.07, 6.45) is 6.37. The monoisotopic (exact) mass is 419 g/mol. The van der Waals surface area contributed by atoms with Crippen LogP contribution < -0.4 is 5.32 Å². The Bertz CT molecular complexity index is 717. The van der Waals surface area contributed by atoms with Gasteiger partial charge in [0, 0.05) is 44.9 Å². The molecule has 1 aromatic heterocycles. The van der Waals surface area contributed by atoms with E-state index in [1.807, 2.05) is 22.6 Å². The molecule has 3 fully saturated rings. The second kappa shape index (κ2) is 9.78. The quantitative estimate of drug-likeness (QED) is 0.786. The molecule has 4 rings (SSSR count). The van der Waals surface area contributed by atoms with Crippen molar-refractivity contribution in [1.82, 2.24) is 19.6 Å². The topological polar surface area (TPSA) is 88.9 Å². The largest absolute Gasteiger partial charge is 0.450 e. The molecule has 0 aromatic carbocycles. The van der Waals surface area contributed by atoms with Gasteiger partial charge in [-0.05, 0) is 39.0 Å².